The zero-order valence-electron chi connectivity index (χ0n) is 11.5. The fourth-order valence-corrected chi connectivity index (χ4v) is 2.49. The van der Waals surface area contributed by atoms with E-state index in [1.165, 1.54) is 33.4 Å². The van der Waals surface area contributed by atoms with Crippen LogP contribution in [0.3, 0.4) is 0 Å². The van der Waals surface area contributed by atoms with Crippen LogP contribution in [0.1, 0.15) is 40.5 Å². The molecule has 98 valence electrons. The van der Waals surface area contributed by atoms with Crippen LogP contribution in [0.2, 0.25) is 0 Å². The maximum absolute atomic E-state index is 10.4. The molecule has 2 aliphatic carbocycles. The Labute approximate surface area is 135 Å². The molecule has 18 heavy (non-hydrogen) atoms. The second kappa shape index (κ2) is 7.03. The second-order valence-corrected chi connectivity index (χ2v) is 4.89. The van der Waals surface area contributed by atoms with Gasteiger partial charge in [-0.3, -0.25) is 0 Å². The summed E-state index contributed by atoms with van der Waals surface area (Å²) >= 11 is 0. The third-order valence-electron chi connectivity index (χ3n) is 4.06. The van der Waals surface area contributed by atoms with E-state index in [2.05, 4.69) is 39.8 Å². The Morgan fingerprint density at radius 3 is 1.44 bits per heavy atom. The number of aliphatic hydroxyl groups is 1. The monoisotopic (exact) mass is 342 g/mol. The number of allylic oxidation sites excluding steroid dienone is 6. The summed E-state index contributed by atoms with van der Waals surface area (Å²) in [5.74, 6) is 0. The Morgan fingerprint density at radius 1 is 0.889 bits per heavy atom. The summed E-state index contributed by atoms with van der Waals surface area (Å²) in [5.41, 5.74) is 7.56. The predicted molar refractivity (Wildman–Crippen MR) is 75.4 cm³/mol. The maximum atomic E-state index is 10.4. The van der Waals surface area contributed by atoms with Crippen LogP contribution in [0.15, 0.2) is 45.6 Å². The Hall–Kier alpha value is 0.0931. The summed E-state index contributed by atoms with van der Waals surface area (Å²) in [6.07, 6.45) is 5.86. The molecule has 2 rings (SSSR count). The van der Waals surface area contributed by atoms with E-state index in [-0.39, 0.29) is 44.7 Å². The van der Waals surface area contributed by atoms with Crippen molar-refractivity contribution >= 4 is 12.4 Å². The Bertz CT molecular complexity index is 413. The Balaban J connectivity index is 0.00000144. The van der Waals surface area contributed by atoms with E-state index in [1.807, 2.05) is 0 Å². The summed E-state index contributed by atoms with van der Waals surface area (Å²) in [4.78, 5) is 0. The second-order valence-electron chi connectivity index (χ2n) is 4.89. The molecule has 0 aromatic carbocycles. The number of aliphatic hydroxyl groups excluding tert-OH is 1. The molecule has 0 aliphatic heterocycles. The van der Waals surface area contributed by atoms with E-state index in [0.717, 1.165) is 12.8 Å². The van der Waals surface area contributed by atoms with Crippen molar-refractivity contribution in [3.8, 4) is 0 Å². The molecule has 0 aromatic heterocycles. The van der Waals surface area contributed by atoms with Crippen molar-refractivity contribution < 1.29 is 31.3 Å². The molecule has 0 saturated carbocycles. The first kappa shape index (κ1) is 18.1. The molecule has 0 spiro atoms. The Kier molecular flexibility index (Phi) is 7.07. The smallest absolute Gasteiger partial charge is 0.0978 e. The average molecular weight is 344 g/mol. The van der Waals surface area contributed by atoms with Crippen molar-refractivity contribution in [2.45, 2.75) is 46.6 Å². The Morgan fingerprint density at radius 2 is 1.22 bits per heavy atom. The van der Waals surface area contributed by atoms with Gasteiger partial charge in [0.1, 0.15) is 0 Å². The SMILES string of the molecule is CC1=CCC(C(O)C2=C(C)C(C)=CC2)=C1C.Cl.[Zr]. The van der Waals surface area contributed by atoms with E-state index in [4.69, 9.17) is 0 Å². The van der Waals surface area contributed by atoms with E-state index < -0.39 is 0 Å². The molecule has 1 N–H and O–H groups in total. The maximum Gasteiger partial charge on any atom is 0.0978 e. The first-order valence-corrected chi connectivity index (χ1v) is 5.94. The summed E-state index contributed by atoms with van der Waals surface area (Å²) in [7, 11) is 0. The zero-order valence-corrected chi connectivity index (χ0v) is 14.8. The van der Waals surface area contributed by atoms with E-state index in [1.54, 1.807) is 0 Å². The third kappa shape index (κ3) is 3.15. The summed E-state index contributed by atoms with van der Waals surface area (Å²) in [5, 5.41) is 10.4. The number of hydrogen-bond donors (Lipinski definition) is 1. The molecule has 0 atom stereocenters. The third-order valence-corrected chi connectivity index (χ3v) is 4.06. The number of rotatable bonds is 2. The van der Waals surface area contributed by atoms with Gasteiger partial charge in [-0.1, -0.05) is 23.3 Å². The molecule has 0 saturated heterocycles. The first-order chi connectivity index (χ1) is 7.52. The predicted octanol–water partition coefficient (Wildman–Crippen LogP) is 4.10. The molecular weight excluding hydrogens is 323 g/mol. The zero-order chi connectivity index (χ0) is 11.9. The fourth-order valence-electron chi connectivity index (χ4n) is 2.49. The molecule has 0 unspecified atom stereocenters. The van der Waals surface area contributed by atoms with E-state index >= 15 is 0 Å². The van der Waals surface area contributed by atoms with Crippen molar-refractivity contribution in [3.63, 3.8) is 0 Å². The van der Waals surface area contributed by atoms with Gasteiger partial charge in [-0.15, -0.1) is 12.4 Å². The quantitative estimate of drug-likeness (QED) is 0.800. The van der Waals surface area contributed by atoms with Crippen molar-refractivity contribution in [2.24, 2.45) is 0 Å². The van der Waals surface area contributed by atoms with Gasteiger partial charge in [0, 0.05) is 26.2 Å². The van der Waals surface area contributed by atoms with Crippen LogP contribution in [0, 0.1) is 0 Å². The van der Waals surface area contributed by atoms with E-state index in [9.17, 15) is 5.11 Å². The summed E-state index contributed by atoms with van der Waals surface area (Å²) < 4.78 is 0. The van der Waals surface area contributed by atoms with Crippen LogP contribution in [-0.4, -0.2) is 11.2 Å². The van der Waals surface area contributed by atoms with Crippen LogP contribution in [0.25, 0.3) is 0 Å². The van der Waals surface area contributed by atoms with Crippen LogP contribution >= 0.6 is 12.4 Å². The molecule has 0 radical (unpaired) electrons. The van der Waals surface area contributed by atoms with Gasteiger partial charge in [-0.05, 0) is 62.8 Å². The van der Waals surface area contributed by atoms with Crippen LogP contribution in [-0.2, 0) is 26.2 Å². The molecule has 3 heteroatoms. The van der Waals surface area contributed by atoms with E-state index in [0.29, 0.717) is 0 Å². The van der Waals surface area contributed by atoms with Gasteiger partial charge in [0.15, 0.2) is 0 Å². The topological polar surface area (TPSA) is 20.2 Å². The normalized spacial score (nSPS) is 18.8. The number of halogens is 1. The molecule has 0 bridgehead atoms. The van der Waals surface area contributed by atoms with Gasteiger partial charge in [0.05, 0.1) is 6.10 Å². The van der Waals surface area contributed by atoms with Crippen molar-refractivity contribution in [2.75, 3.05) is 0 Å². The molecule has 0 heterocycles. The summed E-state index contributed by atoms with van der Waals surface area (Å²) in [6, 6.07) is 0. The average Bonchev–Trinajstić information content (AvgIpc) is 2.74. The van der Waals surface area contributed by atoms with Crippen LogP contribution < -0.4 is 0 Å². The van der Waals surface area contributed by atoms with Crippen LogP contribution in [0.5, 0.6) is 0 Å². The minimum absolute atomic E-state index is 0. The largest absolute Gasteiger partial charge is 0.384 e. The standard InChI is InChI=1S/C15H20O.ClH.Zr/c1-9-5-7-13(11(9)3)15(16)14-8-6-10(2)12(14)4;;/h5-6,15-16H,7-8H2,1-4H3;1H;. The fraction of sp³-hybridized carbons (Fsp3) is 0.467. The molecule has 2 aliphatic rings. The van der Waals surface area contributed by atoms with Gasteiger partial charge in [-0.25, -0.2) is 0 Å². The molecule has 1 nitrogen and oxygen atoms in total. The minimum Gasteiger partial charge on any atom is -0.384 e. The molecule has 0 aromatic rings. The van der Waals surface area contributed by atoms with Crippen molar-refractivity contribution in [1.82, 2.24) is 0 Å². The molecule has 0 amide bonds. The van der Waals surface area contributed by atoms with Gasteiger partial charge < -0.3 is 5.11 Å². The van der Waals surface area contributed by atoms with Gasteiger partial charge in [0.2, 0.25) is 0 Å². The van der Waals surface area contributed by atoms with Gasteiger partial charge in [-0.2, -0.15) is 0 Å². The first-order valence-electron chi connectivity index (χ1n) is 5.94. The molecular formula is C15H21ClOZr. The van der Waals surface area contributed by atoms with Crippen molar-refractivity contribution in [1.29, 1.82) is 0 Å². The molecule has 0 fully saturated rings. The van der Waals surface area contributed by atoms with Crippen LogP contribution in [0.4, 0.5) is 0 Å². The number of hydrogen-bond acceptors (Lipinski definition) is 1. The van der Waals surface area contributed by atoms with Gasteiger partial charge in [0.25, 0.3) is 0 Å². The summed E-state index contributed by atoms with van der Waals surface area (Å²) in [6.45, 7) is 8.47. The van der Waals surface area contributed by atoms with Crippen molar-refractivity contribution in [3.05, 3.63) is 45.6 Å². The minimum atomic E-state index is -0.373. The van der Waals surface area contributed by atoms with Gasteiger partial charge >= 0.3 is 0 Å².